The lowest BCUT2D eigenvalue weighted by atomic mass is 10.0. The maximum absolute atomic E-state index is 13.1. The van der Waals surface area contributed by atoms with Crippen molar-refractivity contribution in [2.75, 3.05) is 33.9 Å². The van der Waals surface area contributed by atoms with Crippen LogP contribution in [-0.4, -0.2) is 61.4 Å². The highest BCUT2D eigenvalue weighted by Gasteiger charge is 2.35. The summed E-state index contributed by atoms with van der Waals surface area (Å²) in [5.74, 6) is 1.03. The van der Waals surface area contributed by atoms with Crippen molar-refractivity contribution < 1.29 is 23.5 Å². The molecule has 0 saturated heterocycles. The fourth-order valence-corrected chi connectivity index (χ4v) is 3.35. The van der Waals surface area contributed by atoms with Gasteiger partial charge in [0, 0.05) is 26.5 Å². The molecule has 0 N–H and O–H groups in total. The highest BCUT2D eigenvalue weighted by Crippen LogP contribution is 2.33. The predicted molar refractivity (Wildman–Crippen MR) is 111 cm³/mol. The number of hydrogen-bond acceptors (Lipinski definition) is 6. The molecule has 1 atom stereocenters. The third-order valence-electron chi connectivity index (χ3n) is 5.01. The molecule has 1 aliphatic rings. The molecule has 0 spiro atoms. The summed E-state index contributed by atoms with van der Waals surface area (Å²) in [6.45, 7) is 2.42. The molecule has 0 aliphatic carbocycles. The van der Waals surface area contributed by atoms with Crippen LogP contribution in [0.5, 0.6) is 5.75 Å². The molecule has 1 aromatic carbocycles. The van der Waals surface area contributed by atoms with E-state index in [1.807, 2.05) is 30.3 Å². The van der Waals surface area contributed by atoms with E-state index >= 15 is 0 Å². The van der Waals surface area contributed by atoms with Gasteiger partial charge in [-0.1, -0.05) is 6.92 Å². The summed E-state index contributed by atoms with van der Waals surface area (Å²) in [5.41, 5.74) is 1.68. The van der Waals surface area contributed by atoms with E-state index in [9.17, 15) is 9.59 Å². The number of carbonyl (C=O) groups excluding carboxylic acids is 2. The fourth-order valence-electron chi connectivity index (χ4n) is 3.35. The van der Waals surface area contributed by atoms with Crippen LogP contribution in [0, 0.1) is 0 Å². The summed E-state index contributed by atoms with van der Waals surface area (Å²) < 4.78 is 15.9. The lowest BCUT2D eigenvalue weighted by Crippen LogP contribution is -2.42. The van der Waals surface area contributed by atoms with Crippen molar-refractivity contribution in [1.29, 1.82) is 0 Å². The Kier molecular flexibility index (Phi) is 7.24. The van der Waals surface area contributed by atoms with E-state index in [0.29, 0.717) is 31.8 Å². The van der Waals surface area contributed by atoms with E-state index in [0.717, 1.165) is 17.0 Å². The predicted octanol–water partition coefficient (Wildman–Crippen LogP) is 2.85. The summed E-state index contributed by atoms with van der Waals surface area (Å²) in [4.78, 5) is 26.9. The summed E-state index contributed by atoms with van der Waals surface area (Å²) in [6.07, 6.45) is 2.42. The monoisotopic (exact) mass is 413 g/mol. The van der Waals surface area contributed by atoms with Gasteiger partial charge < -0.3 is 18.8 Å². The lowest BCUT2D eigenvalue weighted by Gasteiger charge is -2.25. The number of nitrogens with zero attached hydrogens (tertiary/aromatic N) is 3. The summed E-state index contributed by atoms with van der Waals surface area (Å²) >= 11 is 0. The van der Waals surface area contributed by atoms with E-state index in [1.54, 1.807) is 33.5 Å². The number of amides is 2. The Balaban J connectivity index is 1.84. The SMILES string of the molecule is CCC(=O)N(CCOC)CC(=O)N1N=C(c2ccc(OC)cc2)C[C@H]1c1ccco1. The van der Waals surface area contributed by atoms with Gasteiger partial charge >= 0.3 is 0 Å². The van der Waals surface area contributed by atoms with Crippen LogP contribution in [0.2, 0.25) is 0 Å². The maximum atomic E-state index is 13.1. The van der Waals surface area contributed by atoms with E-state index in [2.05, 4.69) is 5.10 Å². The number of rotatable bonds is 9. The van der Waals surface area contributed by atoms with Crippen LogP contribution in [-0.2, 0) is 14.3 Å². The standard InChI is InChI=1S/C22H27N3O5/c1-4-21(26)24(11-13-28-2)15-22(27)25-19(20-6-5-12-30-20)14-18(23-25)16-7-9-17(29-3)10-8-16/h5-10,12,19H,4,11,13-15H2,1-3H3/t19-/m0/s1. The minimum atomic E-state index is -0.356. The van der Waals surface area contributed by atoms with Crippen molar-refractivity contribution in [2.45, 2.75) is 25.8 Å². The van der Waals surface area contributed by atoms with E-state index < -0.39 is 0 Å². The highest BCUT2D eigenvalue weighted by molar-refractivity contribution is 6.03. The lowest BCUT2D eigenvalue weighted by molar-refractivity contribution is -0.142. The van der Waals surface area contributed by atoms with Crippen molar-refractivity contribution >= 4 is 17.5 Å². The van der Waals surface area contributed by atoms with Crippen molar-refractivity contribution in [1.82, 2.24) is 9.91 Å². The number of benzene rings is 1. The molecule has 3 rings (SSSR count). The van der Waals surface area contributed by atoms with Crippen molar-refractivity contribution in [2.24, 2.45) is 5.10 Å². The third kappa shape index (κ3) is 4.88. The van der Waals surface area contributed by atoms with Crippen LogP contribution in [0.1, 0.15) is 37.1 Å². The first-order chi connectivity index (χ1) is 14.6. The van der Waals surface area contributed by atoms with Gasteiger partial charge in [0.15, 0.2) is 0 Å². The van der Waals surface area contributed by atoms with Crippen LogP contribution in [0.25, 0.3) is 0 Å². The molecule has 0 radical (unpaired) electrons. The van der Waals surface area contributed by atoms with Crippen molar-refractivity contribution in [3.05, 3.63) is 54.0 Å². The van der Waals surface area contributed by atoms with Crippen LogP contribution >= 0.6 is 0 Å². The van der Waals surface area contributed by atoms with Crippen molar-refractivity contribution in [3.8, 4) is 5.75 Å². The Bertz CT molecular complexity index is 877. The number of hydrogen-bond donors (Lipinski definition) is 0. The van der Waals surface area contributed by atoms with Gasteiger partial charge in [0.05, 0.1) is 25.7 Å². The first kappa shape index (κ1) is 21.6. The minimum Gasteiger partial charge on any atom is -0.497 e. The van der Waals surface area contributed by atoms with Crippen LogP contribution < -0.4 is 4.74 Å². The molecule has 2 heterocycles. The Labute approximate surface area is 176 Å². The highest BCUT2D eigenvalue weighted by atomic mass is 16.5. The summed E-state index contributed by atoms with van der Waals surface area (Å²) in [5, 5.41) is 6.03. The zero-order chi connectivity index (χ0) is 21.5. The smallest absolute Gasteiger partial charge is 0.262 e. The first-order valence-corrected chi connectivity index (χ1v) is 9.91. The molecule has 0 fully saturated rings. The zero-order valence-electron chi connectivity index (χ0n) is 17.5. The van der Waals surface area contributed by atoms with Crippen LogP contribution in [0.3, 0.4) is 0 Å². The molecule has 30 heavy (non-hydrogen) atoms. The van der Waals surface area contributed by atoms with E-state index in [4.69, 9.17) is 13.9 Å². The van der Waals surface area contributed by atoms with Gasteiger partial charge in [0.25, 0.3) is 5.91 Å². The largest absolute Gasteiger partial charge is 0.497 e. The summed E-state index contributed by atoms with van der Waals surface area (Å²) in [6, 6.07) is 10.8. The van der Waals surface area contributed by atoms with Crippen LogP contribution in [0.4, 0.5) is 0 Å². The van der Waals surface area contributed by atoms with Crippen LogP contribution in [0.15, 0.2) is 52.2 Å². The maximum Gasteiger partial charge on any atom is 0.262 e. The molecule has 0 unspecified atom stereocenters. The molecule has 2 amide bonds. The summed E-state index contributed by atoms with van der Waals surface area (Å²) in [7, 11) is 3.18. The van der Waals surface area contributed by atoms with Gasteiger partial charge in [-0.3, -0.25) is 9.59 Å². The molecule has 1 aromatic heterocycles. The van der Waals surface area contributed by atoms with Gasteiger partial charge in [-0.25, -0.2) is 5.01 Å². The molecule has 2 aromatic rings. The number of hydrazone groups is 1. The van der Waals surface area contributed by atoms with Gasteiger partial charge in [-0.2, -0.15) is 5.10 Å². The van der Waals surface area contributed by atoms with E-state index in [1.165, 1.54) is 9.91 Å². The van der Waals surface area contributed by atoms with Gasteiger partial charge in [-0.15, -0.1) is 0 Å². The molecular formula is C22H27N3O5. The number of ether oxygens (including phenoxy) is 2. The number of methoxy groups -OCH3 is 2. The van der Waals surface area contributed by atoms with Gasteiger partial charge in [0.2, 0.25) is 5.91 Å². The molecule has 8 nitrogen and oxygen atoms in total. The number of furan rings is 1. The van der Waals surface area contributed by atoms with Gasteiger partial charge in [0.1, 0.15) is 24.1 Å². The Morgan fingerprint density at radius 3 is 2.60 bits per heavy atom. The first-order valence-electron chi connectivity index (χ1n) is 9.91. The zero-order valence-corrected chi connectivity index (χ0v) is 17.5. The average Bonchev–Trinajstić information content (AvgIpc) is 3.46. The second-order valence-electron chi connectivity index (χ2n) is 6.91. The molecule has 160 valence electrons. The Morgan fingerprint density at radius 1 is 1.23 bits per heavy atom. The topological polar surface area (TPSA) is 84.6 Å². The second kappa shape index (κ2) is 10.1. The molecule has 8 heteroatoms. The fraction of sp³-hybridized carbons (Fsp3) is 0.409. The average molecular weight is 413 g/mol. The second-order valence-corrected chi connectivity index (χ2v) is 6.91. The molecule has 0 bridgehead atoms. The molecular weight excluding hydrogens is 386 g/mol. The molecule has 1 aliphatic heterocycles. The van der Waals surface area contributed by atoms with E-state index in [-0.39, 0.29) is 24.4 Å². The molecule has 0 saturated carbocycles. The quantitative estimate of drug-likeness (QED) is 0.631. The van der Waals surface area contributed by atoms with Crippen molar-refractivity contribution in [3.63, 3.8) is 0 Å². The normalized spacial score (nSPS) is 15.8. The number of carbonyl (C=O) groups is 2. The minimum absolute atomic E-state index is 0.0629. The Morgan fingerprint density at radius 2 is 2.00 bits per heavy atom. The Hall–Kier alpha value is -3.13. The van der Waals surface area contributed by atoms with Gasteiger partial charge in [-0.05, 0) is 42.0 Å². The third-order valence-corrected chi connectivity index (χ3v) is 5.01.